The number of halogens is 1. The highest BCUT2D eigenvalue weighted by Crippen LogP contribution is 2.33. The summed E-state index contributed by atoms with van der Waals surface area (Å²) in [7, 11) is 0. The van der Waals surface area contributed by atoms with Gasteiger partial charge in [-0.15, -0.1) is 11.3 Å². The van der Waals surface area contributed by atoms with Gasteiger partial charge in [0.25, 0.3) is 0 Å². The summed E-state index contributed by atoms with van der Waals surface area (Å²) in [5, 5.41) is 12.0. The van der Waals surface area contributed by atoms with Gasteiger partial charge in [0, 0.05) is 28.3 Å². The van der Waals surface area contributed by atoms with Crippen LogP contribution in [-0.4, -0.2) is 16.9 Å². The second kappa shape index (κ2) is 8.83. The topological polar surface area (TPSA) is 58.7 Å². The van der Waals surface area contributed by atoms with Crippen LogP contribution in [0.2, 0.25) is 5.02 Å². The normalized spacial score (nSPS) is 10.4. The van der Waals surface area contributed by atoms with Crippen molar-refractivity contribution in [3.63, 3.8) is 0 Å². The number of rotatable bonds is 7. The zero-order valence-corrected chi connectivity index (χ0v) is 16.4. The van der Waals surface area contributed by atoms with Crippen LogP contribution >= 0.6 is 22.9 Å². The van der Waals surface area contributed by atoms with Crippen molar-refractivity contribution < 1.29 is 14.7 Å². The maximum absolute atomic E-state index is 12.5. The minimum absolute atomic E-state index is 0.0493. The summed E-state index contributed by atoms with van der Waals surface area (Å²) < 4.78 is 0. The number of carboxylic acid groups (broad SMARTS) is 1. The van der Waals surface area contributed by atoms with Crippen LogP contribution in [0, 0.1) is 6.57 Å². The third-order valence-electron chi connectivity index (χ3n) is 4.38. The fourth-order valence-electron chi connectivity index (χ4n) is 2.98. The summed E-state index contributed by atoms with van der Waals surface area (Å²) in [6.07, 6.45) is 0.801. The molecule has 0 aliphatic carbocycles. The molecule has 1 aromatic heterocycles. The molecule has 140 valence electrons. The largest absolute Gasteiger partial charge is 0.478 e. The average molecular weight is 410 g/mol. The second-order valence-corrected chi connectivity index (χ2v) is 7.62. The molecule has 0 bridgehead atoms. The number of aryl methyl sites for hydroxylation is 1. The highest BCUT2D eigenvalue weighted by atomic mass is 35.5. The van der Waals surface area contributed by atoms with Crippen molar-refractivity contribution in [2.45, 2.75) is 19.3 Å². The Bertz CT molecular complexity index is 1060. The van der Waals surface area contributed by atoms with Crippen LogP contribution in [0.4, 0.5) is 5.69 Å². The van der Waals surface area contributed by atoms with E-state index in [4.69, 9.17) is 18.2 Å². The van der Waals surface area contributed by atoms with Gasteiger partial charge in [0.15, 0.2) is 5.69 Å². The lowest BCUT2D eigenvalue weighted by Crippen LogP contribution is -2.08. The van der Waals surface area contributed by atoms with Gasteiger partial charge in [-0.25, -0.2) is 9.64 Å². The van der Waals surface area contributed by atoms with Crippen molar-refractivity contribution >= 4 is 40.4 Å². The van der Waals surface area contributed by atoms with Crippen LogP contribution in [0.5, 0.6) is 0 Å². The number of Topliss-reactive ketones (excluding diaryl/α,β-unsaturated/α-hetero) is 1. The number of carbonyl (C=O) groups is 2. The molecule has 0 unspecified atom stereocenters. The Hall–Kier alpha value is -2.94. The summed E-state index contributed by atoms with van der Waals surface area (Å²) >= 11 is 7.18. The first-order valence-electron chi connectivity index (χ1n) is 8.56. The number of hydrogen-bond acceptors (Lipinski definition) is 3. The molecule has 2 aromatic carbocycles. The van der Waals surface area contributed by atoms with Gasteiger partial charge in [-0.05, 0) is 35.1 Å². The third kappa shape index (κ3) is 4.48. The number of thiophene rings is 1. The van der Waals surface area contributed by atoms with E-state index >= 15 is 0 Å². The fraction of sp³-hybridized carbons (Fsp3) is 0.136. The van der Waals surface area contributed by atoms with Gasteiger partial charge in [-0.3, -0.25) is 4.79 Å². The number of carbonyl (C=O) groups excluding carboxylic acids is 1. The minimum atomic E-state index is -1.05. The molecule has 0 fully saturated rings. The van der Waals surface area contributed by atoms with E-state index in [1.54, 1.807) is 41.8 Å². The molecular formula is C22H16ClNO3S. The molecule has 0 amide bonds. The monoisotopic (exact) mass is 409 g/mol. The van der Waals surface area contributed by atoms with Gasteiger partial charge >= 0.3 is 5.97 Å². The first-order chi connectivity index (χ1) is 13.5. The van der Waals surface area contributed by atoms with Crippen LogP contribution in [0.15, 0.2) is 53.9 Å². The lowest BCUT2D eigenvalue weighted by molar-refractivity contribution is -0.118. The van der Waals surface area contributed by atoms with Crippen LogP contribution in [0.3, 0.4) is 0 Å². The first-order valence-corrected chi connectivity index (χ1v) is 9.82. The van der Waals surface area contributed by atoms with Gasteiger partial charge in [0.1, 0.15) is 5.78 Å². The van der Waals surface area contributed by atoms with E-state index in [2.05, 4.69) is 4.85 Å². The number of benzene rings is 2. The Morgan fingerprint density at radius 2 is 1.82 bits per heavy atom. The summed E-state index contributed by atoms with van der Waals surface area (Å²) in [6, 6.07) is 14.2. The number of nitrogens with zero attached hydrogens (tertiary/aromatic N) is 1. The van der Waals surface area contributed by atoms with E-state index in [1.807, 2.05) is 12.1 Å². The van der Waals surface area contributed by atoms with Gasteiger partial charge in [-0.2, -0.15) is 0 Å². The molecule has 28 heavy (non-hydrogen) atoms. The van der Waals surface area contributed by atoms with E-state index in [0.717, 1.165) is 11.1 Å². The number of aromatic carboxylic acids is 1. The quantitative estimate of drug-likeness (QED) is 0.482. The van der Waals surface area contributed by atoms with Crippen molar-refractivity contribution in [1.82, 2.24) is 0 Å². The Morgan fingerprint density at radius 1 is 1.11 bits per heavy atom. The van der Waals surface area contributed by atoms with E-state index in [-0.39, 0.29) is 24.2 Å². The van der Waals surface area contributed by atoms with Crippen molar-refractivity contribution in [1.29, 1.82) is 0 Å². The fourth-order valence-corrected chi connectivity index (χ4v) is 4.18. The van der Waals surface area contributed by atoms with Crippen molar-refractivity contribution in [3.05, 3.63) is 86.4 Å². The zero-order chi connectivity index (χ0) is 20.1. The molecule has 3 aromatic rings. The molecule has 1 heterocycles. The smallest absolute Gasteiger partial charge is 0.337 e. The number of carboxylic acids is 1. The minimum Gasteiger partial charge on any atom is -0.478 e. The molecule has 0 spiro atoms. The molecule has 0 radical (unpaired) electrons. The Labute approximate surface area is 171 Å². The highest BCUT2D eigenvalue weighted by molar-refractivity contribution is 7.11. The molecule has 6 heteroatoms. The Balaban J connectivity index is 1.77. The van der Waals surface area contributed by atoms with Crippen molar-refractivity contribution in [2.75, 3.05) is 0 Å². The predicted molar refractivity (Wildman–Crippen MR) is 111 cm³/mol. The van der Waals surface area contributed by atoms with Gasteiger partial charge in [0.05, 0.1) is 12.1 Å². The van der Waals surface area contributed by atoms with Gasteiger partial charge < -0.3 is 5.11 Å². The van der Waals surface area contributed by atoms with Gasteiger partial charge in [0.2, 0.25) is 0 Å². The molecular weight excluding hydrogens is 394 g/mol. The number of hydrogen-bond donors (Lipinski definition) is 1. The lowest BCUT2D eigenvalue weighted by Gasteiger charge is -2.05. The highest BCUT2D eigenvalue weighted by Gasteiger charge is 2.21. The molecule has 0 aliphatic heterocycles. The average Bonchev–Trinajstić information content (AvgIpc) is 3.11. The molecule has 0 saturated heterocycles. The van der Waals surface area contributed by atoms with Crippen LogP contribution in [-0.2, 0) is 17.6 Å². The summed E-state index contributed by atoms with van der Waals surface area (Å²) in [6.45, 7) is 7.19. The van der Waals surface area contributed by atoms with E-state index in [0.29, 0.717) is 27.6 Å². The third-order valence-corrected chi connectivity index (χ3v) is 5.62. The molecule has 4 nitrogen and oxygen atoms in total. The molecule has 0 aliphatic rings. The second-order valence-electron chi connectivity index (χ2n) is 6.22. The molecule has 0 saturated carbocycles. The summed E-state index contributed by atoms with van der Waals surface area (Å²) in [5.41, 5.74) is 2.89. The molecule has 3 rings (SSSR count). The van der Waals surface area contributed by atoms with Crippen LogP contribution in [0.1, 0.15) is 27.2 Å². The maximum atomic E-state index is 12.5. The summed E-state index contributed by atoms with van der Waals surface area (Å²) in [5.74, 6) is -1.10. The Morgan fingerprint density at radius 3 is 2.50 bits per heavy atom. The lowest BCUT2D eigenvalue weighted by atomic mass is 9.99. The van der Waals surface area contributed by atoms with E-state index < -0.39 is 5.97 Å². The van der Waals surface area contributed by atoms with Crippen LogP contribution < -0.4 is 0 Å². The molecule has 1 N–H and O–H groups in total. The van der Waals surface area contributed by atoms with Crippen molar-refractivity contribution in [3.8, 4) is 11.1 Å². The van der Waals surface area contributed by atoms with Crippen molar-refractivity contribution in [2.24, 2.45) is 0 Å². The van der Waals surface area contributed by atoms with E-state index in [1.165, 1.54) is 11.3 Å². The first kappa shape index (κ1) is 19.8. The summed E-state index contributed by atoms with van der Waals surface area (Å²) in [4.78, 5) is 28.3. The predicted octanol–water partition coefficient (Wildman–Crippen LogP) is 6.06. The standard InChI is InChI=1S/C22H16ClNO3S/c1-24-19-5-3-2-4-15(19)8-11-17(25)12-20-21(22(26)27)18(13-28-20)14-6-9-16(23)10-7-14/h2-7,9-10,13H,8,11-12H2,(H,26,27). The Kier molecular flexibility index (Phi) is 6.25. The zero-order valence-electron chi connectivity index (χ0n) is 14.8. The maximum Gasteiger partial charge on any atom is 0.337 e. The van der Waals surface area contributed by atoms with E-state index in [9.17, 15) is 14.7 Å². The van der Waals surface area contributed by atoms with Crippen LogP contribution in [0.25, 0.3) is 16.0 Å². The number of para-hydroxylation sites is 1. The number of ketones is 1. The SMILES string of the molecule is [C-]#[N+]c1ccccc1CCC(=O)Cc1scc(-c2ccc(Cl)cc2)c1C(=O)O. The molecule has 0 atom stereocenters. The van der Waals surface area contributed by atoms with Gasteiger partial charge in [-0.1, -0.05) is 48.0 Å².